The van der Waals surface area contributed by atoms with E-state index in [9.17, 15) is 4.79 Å². The Morgan fingerprint density at radius 1 is 1.23 bits per heavy atom. The van der Waals surface area contributed by atoms with E-state index in [0.29, 0.717) is 0 Å². The minimum absolute atomic E-state index is 0. The van der Waals surface area contributed by atoms with Crippen LogP contribution in [-0.2, 0) is 4.79 Å². The standard InChI is InChI=1S/C6H11O2.C4H10.Li/c1-2-3-4-5-6(7)8;1-3-4-2;/h1-5H2,(H,7,8);3-4H2,1-2H3;/q-1;;+1. The van der Waals surface area contributed by atoms with Gasteiger partial charge in [-0.15, -0.1) is 0 Å². The molecule has 1 N–H and O–H groups in total. The number of aliphatic carboxylic acids is 1. The Kier molecular flexibility index (Phi) is 26.0. The van der Waals surface area contributed by atoms with Crippen LogP contribution in [0, 0.1) is 6.92 Å². The third kappa shape index (κ3) is 33.2. The van der Waals surface area contributed by atoms with Crippen LogP contribution in [0.5, 0.6) is 0 Å². The Balaban J connectivity index is -0.000000173. The second-order valence-corrected chi connectivity index (χ2v) is 2.70. The van der Waals surface area contributed by atoms with Gasteiger partial charge in [0.05, 0.1) is 0 Å². The molecule has 0 aromatic rings. The second kappa shape index (κ2) is 18.0. The number of carboxylic acid groups (broad SMARTS) is 1. The maximum Gasteiger partial charge on any atom is 1.00 e. The van der Waals surface area contributed by atoms with Gasteiger partial charge in [0, 0.05) is 6.42 Å². The molecule has 0 aromatic carbocycles. The van der Waals surface area contributed by atoms with Gasteiger partial charge in [-0.05, 0) is 6.42 Å². The summed E-state index contributed by atoms with van der Waals surface area (Å²) in [5.74, 6) is -0.710. The van der Waals surface area contributed by atoms with Gasteiger partial charge in [0.1, 0.15) is 0 Å². The van der Waals surface area contributed by atoms with E-state index in [2.05, 4.69) is 20.8 Å². The average molecular weight is 180 g/mol. The molecule has 0 saturated carbocycles. The Labute approximate surface area is 94.3 Å². The van der Waals surface area contributed by atoms with Crippen molar-refractivity contribution in [1.29, 1.82) is 0 Å². The summed E-state index contributed by atoms with van der Waals surface area (Å²) in [7, 11) is 0. The van der Waals surface area contributed by atoms with Crippen LogP contribution in [0.3, 0.4) is 0 Å². The topological polar surface area (TPSA) is 37.3 Å². The molecular formula is C10H21LiO2. The van der Waals surface area contributed by atoms with Crippen molar-refractivity contribution in [3.63, 3.8) is 0 Å². The zero-order valence-electron chi connectivity index (χ0n) is 9.31. The maximum atomic E-state index is 9.85. The molecule has 0 amide bonds. The van der Waals surface area contributed by atoms with E-state index in [1.165, 1.54) is 12.8 Å². The zero-order valence-corrected chi connectivity index (χ0v) is 9.31. The fraction of sp³-hybridized carbons (Fsp3) is 0.800. The van der Waals surface area contributed by atoms with Crippen LogP contribution in [0.2, 0.25) is 0 Å². The quantitative estimate of drug-likeness (QED) is 0.375. The summed E-state index contributed by atoms with van der Waals surface area (Å²) in [5, 5.41) is 8.12. The number of hydrogen-bond acceptors (Lipinski definition) is 1. The molecule has 2 nitrogen and oxygen atoms in total. The molecule has 0 fully saturated rings. The largest absolute Gasteiger partial charge is 1.00 e. The number of rotatable bonds is 5. The first kappa shape index (κ1) is 18.8. The normalized spacial score (nSPS) is 7.92. The molecule has 0 radical (unpaired) electrons. The molecule has 0 aromatic heterocycles. The van der Waals surface area contributed by atoms with E-state index in [4.69, 9.17) is 5.11 Å². The Hall–Kier alpha value is 0.0674. The molecular weight excluding hydrogens is 159 g/mol. The van der Waals surface area contributed by atoms with E-state index >= 15 is 0 Å². The first-order valence-electron chi connectivity index (χ1n) is 4.70. The van der Waals surface area contributed by atoms with Gasteiger partial charge in [0.2, 0.25) is 0 Å². The molecule has 0 atom stereocenters. The third-order valence-electron chi connectivity index (χ3n) is 1.39. The molecule has 0 heterocycles. The van der Waals surface area contributed by atoms with Gasteiger partial charge in [-0.25, -0.2) is 0 Å². The number of unbranched alkanes of at least 4 members (excludes halogenated alkanes) is 3. The molecule has 13 heavy (non-hydrogen) atoms. The van der Waals surface area contributed by atoms with Crippen molar-refractivity contribution < 1.29 is 28.8 Å². The van der Waals surface area contributed by atoms with Gasteiger partial charge in [0.25, 0.3) is 0 Å². The molecule has 0 bridgehead atoms. The van der Waals surface area contributed by atoms with Crippen molar-refractivity contribution in [2.45, 2.75) is 52.4 Å². The number of carboxylic acids is 1. The van der Waals surface area contributed by atoms with Gasteiger partial charge in [0.15, 0.2) is 0 Å². The zero-order chi connectivity index (χ0) is 9.82. The number of hydrogen-bond donors (Lipinski definition) is 1. The Morgan fingerprint density at radius 3 is 1.92 bits per heavy atom. The van der Waals surface area contributed by atoms with Gasteiger partial charge in [-0.3, -0.25) is 4.79 Å². The summed E-state index contributed by atoms with van der Waals surface area (Å²) >= 11 is 0. The summed E-state index contributed by atoms with van der Waals surface area (Å²) in [4.78, 5) is 9.85. The van der Waals surface area contributed by atoms with Crippen molar-refractivity contribution >= 4 is 5.97 Å². The molecule has 0 unspecified atom stereocenters. The Bertz CT molecular complexity index is 92.9. The van der Waals surface area contributed by atoms with E-state index < -0.39 is 5.97 Å². The van der Waals surface area contributed by atoms with Crippen molar-refractivity contribution in [3.05, 3.63) is 6.92 Å². The van der Waals surface area contributed by atoms with E-state index in [-0.39, 0.29) is 25.3 Å². The first-order chi connectivity index (χ1) is 5.68. The van der Waals surface area contributed by atoms with Crippen molar-refractivity contribution in [2.75, 3.05) is 0 Å². The summed E-state index contributed by atoms with van der Waals surface area (Å²) in [5.41, 5.74) is 0. The summed E-state index contributed by atoms with van der Waals surface area (Å²) in [6.45, 7) is 7.95. The molecule has 0 aliphatic heterocycles. The van der Waals surface area contributed by atoms with Crippen LogP contribution in [0.25, 0.3) is 0 Å². The summed E-state index contributed by atoms with van der Waals surface area (Å²) < 4.78 is 0. The Morgan fingerprint density at radius 2 is 1.69 bits per heavy atom. The van der Waals surface area contributed by atoms with Crippen molar-refractivity contribution in [1.82, 2.24) is 0 Å². The fourth-order valence-electron chi connectivity index (χ4n) is 0.453. The van der Waals surface area contributed by atoms with Gasteiger partial charge in [-0.2, -0.15) is 6.42 Å². The van der Waals surface area contributed by atoms with Crippen LogP contribution in [-0.4, -0.2) is 11.1 Å². The van der Waals surface area contributed by atoms with Crippen LogP contribution in [0.15, 0.2) is 0 Å². The smallest absolute Gasteiger partial charge is 0.481 e. The van der Waals surface area contributed by atoms with Gasteiger partial charge >= 0.3 is 24.8 Å². The first-order valence-corrected chi connectivity index (χ1v) is 4.70. The molecule has 0 aliphatic rings. The van der Waals surface area contributed by atoms with Gasteiger partial charge < -0.3 is 12.0 Å². The van der Waals surface area contributed by atoms with E-state index in [0.717, 1.165) is 19.3 Å². The van der Waals surface area contributed by atoms with Crippen LogP contribution < -0.4 is 18.9 Å². The average Bonchev–Trinajstić information content (AvgIpc) is 2.05. The third-order valence-corrected chi connectivity index (χ3v) is 1.39. The minimum Gasteiger partial charge on any atom is -0.481 e. The molecule has 3 heteroatoms. The monoisotopic (exact) mass is 180 g/mol. The maximum absolute atomic E-state index is 9.85. The predicted molar refractivity (Wildman–Crippen MR) is 52.0 cm³/mol. The predicted octanol–water partition coefficient (Wildman–Crippen LogP) is 0.276. The number of carbonyl (C=O) groups is 1. The minimum atomic E-state index is -0.710. The van der Waals surface area contributed by atoms with Crippen LogP contribution in [0.4, 0.5) is 0 Å². The molecule has 0 spiro atoms. The van der Waals surface area contributed by atoms with Crippen LogP contribution in [0.1, 0.15) is 52.4 Å². The second-order valence-electron chi connectivity index (χ2n) is 2.70. The van der Waals surface area contributed by atoms with Crippen molar-refractivity contribution in [3.8, 4) is 0 Å². The van der Waals surface area contributed by atoms with Crippen LogP contribution >= 0.6 is 0 Å². The summed E-state index contributed by atoms with van der Waals surface area (Å²) in [6, 6.07) is 0. The van der Waals surface area contributed by atoms with Crippen molar-refractivity contribution in [2.24, 2.45) is 0 Å². The molecule has 0 saturated heterocycles. The summed E-state index contributed by atoms with van der Waals surface area (Å²) in [6.07, 6.45) is 5.45. The van der Waals surface area contributed by atoms with E-state index in [1.807, 2.05) is 0 Å². The molecule has 0 rings (SSSR count). The molecule has 0 aliphatic carbocycles. The van der Waals surface area contributed by atoms with Gasteiger partial charge in [-0.1, -0.05) is 33.1 Å². The SMILES string of the molecule is CCCC.[CH2-]CCCCC(=O)O.[Li+]. The fourth-order valence-corrected chi connectivity index (χ4v) is 0.453. The van der Waals surface area contributed by atoms with E-state index in [1.54, 1.807) is 0 Å². The molecule has 74 valence electrons.